The van der Waals surface area contributed by atoms with E-state index in [0.717, 1.165) is 31.9 Å². The average molecular weight is 756 g/mol. The van der Waals surface area contributed by atoms with Crippen LogP contribution in [0.15, 0.2) is 42.5 Å². The molecule has 1 amide bonds. The Balaban J connectivity index is 0.000000582. The molecule has 3 aromatic rings. The molecule has 4 aliphatic heterocycles. The molecule has 0 saturated carbocycles. The quantitative estimate of drug-likeness (QED) is 0.257. The molecular formula is C34H32Cl2F4N4O7. The number of hydrogen-bond acceptors (Lipinski definition) is 9. The second-order valence-corrected chi connectivity index (χ2v) is 13.4. The van der Waals surface area contributed by atoms with E-state index >= 15 is 4.39 Å². The maximum Gasteiger partial charge on any atom is 0.490 e. The number of methoxy groups -OCH3 is 1. The molecule has 1 spiro atoms. The third-order valence-corrected chi connectivity index (χ3v) is 9.74. The fraction of sp³-hybridized carbons (Fsp3) is 0.382. The van der Waals surface area contributed by atoms with Crippen LogP contribution in [0.5, 0.6) is 5.75 Å². The first-order valence-electron chi connectivity index (χ1n) is 15.7. The normalized spacial score (nSPS) is 17.7. The lowest BCUT2D eigenvalue weighted by Crippen LogP contribution is -2.71. The molecule has 0 radical (unpaired) electrons. The molecule has 0 atom stereocenters. The van der Waals surface area contributed by atoms with Gasteiger partial charge in [-0.1, -0.05) is 41.4 Å². The van der Waals surface area contributed by atoms with Crippen LogP contribution in [0.2, 0.25) is 10.0 Å². The Morgan fingerprint density at radius 3 is 2.20 bits per heavy atom. The number of rotatable bonds is 5. The summed E-state index contributed by atoms with van der Waals surface area (Å²) in [6.45, 7) is 6.13. The molecule has 11 nitrogen and oxygen atoms in total. The highest BCUT2D eigenvalue weighted by Crippen LogP contribution is 2.43. The van der Waals surface area contributed by atoms with Crippen LogP contribution in [-0.2, 0) is 20.8 Å². The first-order chi connectivity index (χ1) is 24.2. The molecule has 3 fully saturated rings. The van der Waals surface area contributed by atoms with Crippen molar-refractivity contribution in [3.63, 3.8) is 0 Å². The molecule has 0 unspecified atom stereocenters. The van der Waals surface area contributed by atoms with Crippen LogP contribution >= 0.6 is 23.2 Å². The Morgan fingerprint density at radius 1 is 0.980 bits per heavy atom. The molecule has 4 aliphatic rings. The van der Waals surface area contributed by atoms with Gasteiger partial charge in [0.2, 0.25) is 0 Å². The van der Waals surface area contributed by atoms with Crippen LogP contribution in [0, 0.1) is 11.2 Å². The first-order valence-corrected chi connectivity index (χ1v) is 16.5. The number of carbonyl (C=O) groups excluding carboxylic acids is 2. The number of morpholine rings is 1. The van der Waals surface area contributed by atoms with Crippen LogP contribution in [0.4, 0.5) is 28.9 Å². The van der Waals surface area contributed by atoms with Gasteiger partial charge in [-0.05, 0) is 24.3 Å². The zero-order valence-corrected chi connectivity index (χ0v) is 28.6. The molecule has 7 rings (SSSR count). The fourth-order valence-corrected chi connectivity index (χ4v) is 7.11. The van der Waals surface area contributed by atoms with Crippen molar-refractivity contribution in [2.24, 2.45) is 5.41 Å². The number of anilines is 2. The number of alkyl halides is 3. The average Bonchev–Trinajstić information content (AvgIpc) is 3.06. The van der Waals surface area contributed by atoms with Crippen molar-refractivity contribution in [2.45, 2.75) is 12.7 Å². The minimum Gasteiger partial charge on any atom is -0.475 e. The van der Waals surface area contributed by atoms with Gasteiger partial charge in [0, 0.05) is 67.1 Å². The molecule has 4 heterocycles. The second kappa shape index (κ2) is 14.4. The van der Waals surface area contributed by atoms with Crippen molar-refractivity contribution >= 4 is 52.4 Å². The maximum atomic E-state index is 15.6. The molecule has 51 heavy (non-hydrogen) atoms. The topological polar surface area (TPSA) is 121 Å². The van der Waals surface area contributed by atoms with E-state index in [1.54, 1.807) is 30.3 Å². The highest BCUT2D eigenvalue weighted by Gasteiger charge is 2.47. The third kappa shape index (κ3) is 7.38. The van der Waals surface area contributed by atoms with Gasteiger partial charge in [-0.2, -0.15) is 13.2 Å². The smallest absolute Gasteiger partial charge is 0.475 e. The Morgan fingerprint density at radius 2 is 1.63 bits per heavy atom. The number of carboxylic acids is 1. The lowest BCUT2D eigenvalue weighted by Gasteiger charge is -2.57. The molecule has 0 bridgehead atoms. The Labute approximate surface area is 299 Å². The number of nitrogens with zero attached hydrogens (tertiary/aromatic N) is 3. The summed E-state index contributed by atoms with van der Waals surface area (Å²) in [5, 5.41) is 11.0. The fourth-order valence-electron chi connectivity index (χ4n) is 6.48. The zero-order valence-electron chi connectivity index (χ0n) is 27.1. The van der Waals surface area contributed by atoms with Gasteiger partial charge in [-0.15, -0.1) is 0 Å². The Kier molecular flexibility index (Phi) is 10.3. The lowest BCUT2D eigenvalue weighted by molar-refractivity contribution is -0.192. The van der Waals surface area contributed by atoms with Gasteiger partial charge in [-0.3, -0.25) is 4.79 Å². The van der Waals surface area contributed by atoms with Gasteiger partial charge in [0.25, 0.3) is 5.91 Å². The number of amides is 1. The van der Waals surface area contributed by atoms with Crippen LogP contribution in [0.1, 0.15) is 26.3 Å². The van der Waals surface area contributed by atoms with Crippen molar-refractivity contribution in [1.82, 2.24) is 10.2 Å². The summed E-state index contributed by atoms with van der Waals surface area (Å²) in [6, 6.07) is 11.9. The highest BCUT2D eigenvalue weighted by atomic mass is 35.5. The van der Waals surface area contributed by atoms with Crippen molar-refractivity contribution in [3.05, 3.63) is 75.0 Å². The number of para-hydroxylation sites is 1. The lowest BCUT2D eigenvalue weighted by atomic mass is 9.74. The third-order valence-electron chi connectivity index (χ3n) is 9.14. The van der Waals surface area contributed by atoms with E-state index in [0.29, 0.717) is 54.3 Å². The van der Waals surface area contributed by atoms with Crippen LogP contribution in [-0.4, -0.2) is 100 Å². The minimum atomic E-state index is -5.08. The van der Waals surface area contributed by atoms with E-state index in [1.165, 1.54) is 18.1 Å². The van der Waals surface area contributed by atoms with E-state index in [-0.39, 0.29) is 45.9 Å². The monoisotopic (exact) mass is 754 g/mol. The molecule has 2 N–H and O–H groups in total. The van der Waals surface area contributed by atoms with E-state index in [2.05, 4.69) is 10.2 Å². The predicted octanol–water partition coefficient (Wildman–Crippen LogP) is 5.46. The van der Waals surface area contributed by atoms with Crippen molar-refractivity contribution < 1.29 is 51.3 Å². The summed E-state index contributed by atoms with van der Waals surface area (Å²) in [5.74, 6) is -3.84. The number of halogens is 6. The standard InChI is InChI=1S/C32H31Cl2FN4O5.C2HF3O2/c1-42-31(41)23-11-26(35)22(12-27(23)37-5-7-43-8-6-37)21-4-2-3-19-13-38(18-44-29(19)21)30(40)28-24(33)9-20(10-25(28)34)39-16-32(17-39)14-36-15-32;3-2(4,5)1(6)7/h2-4,9-12,36H,5-8,13-18H2,1H3;(H,6,7). The number of carbonyl (C=O) groups is 3. The minimum absolute atomic E-state index is 0.0723. The molecule has 3 aromatic carbocycles. The summed E-state index contributed by atoms with van der Waals surface area (Å²) >= 11 is 13.3. The first kappa shape index (κ1) is 36.5. The number of aliphatic carboxylic acids is 1. The number of nitrogens with one attached hydrogen (secondary N) is 1. The van der Waals surface area contributed by atoms with Crippen molar-refractivity contribution in [2.75, 3.05) is 76.1 Å². The summed E-state index contributed by atoms with van der Waals surface area (Å²) in [6.07, 6.45) is -5.08. The van der Waals surface area contributed by atoms with E-state index in [9.17, 15) is 22.8 Å². The molecule has 0 aromatic heterocycles. The van der Waals surface area contributed by atoms with Gasteiger partial charge >= 0.3 is 18.1 Å². The van der Waals surface area contributed by atoms with Gasteiger partial charge in [0.15, 0.2) is 6.73 Å². The Hall–Kier alpha value is -4.31. The summed E-state index contributed by atoms with van der Waals surface area (Å²) in [7, 11) is 1.27. The summed E-state index contributed by atoms with van der Waals surface area (Å²) in [4.78, 5) is 40.8. The number of hydrogen-bond donors (Lipinski definition) is 2. The highest BCUT2D eigenvalue weighted by molar-refractivity contribution is 6.40. The summed E-state index contributed by atoms with van der Waals surface area (Å²) in [5.41, 5.74) is 3.67. The predicted molar refractivity (Wildman–Crippen MR) is 179 cm³/mol. The molecule has 272 valence electrons. The van der Waals surface area contributed by atoms with Crippen LogP contribution < -0.4 is 19.9 Å². The molecule has 0 aliphatic carbocycles. The zero-order chi connectivity index (χ0) is 36.7. The molecule has 17 heteroatoms. The SMILES string of the molecule is COC(=O)c1cc(F)c(-c2cccc3c2OCN(C(=O)c2c(Cl)cc(N4CC5(CNC5)C4)cc2Cl)C3)cc1N1CCOCC1.O=C(O)C(F)(F)F. The number of ether oxygens (including phenoxy) is 3. The van der Waals surface area contributed by atoms with Crippen molar-refractivity contribution in [3.8, 4) is 16.9 Å². The van der Waals surface area contributed by atoms with E-state index < -0.39 is 23.9 Å². The number of esters is 1. The van der Waals surface area contributed by atoms with Gasteiger partial charge < -0.3 is 39.3 Å². The second-order valence-electron chi connectivity index (χ2n) is 12.6. The van der Waals surface area contributed by atoms with E-state index in [4.69, 9.17) is 47.3 Å². The largest absolute Gasteiger partial charge is 0.490 e. The van der Waals surface area contributed by atoms with Crippen molar-refractivity contribution in [1.29, 1.82) is 0 Å². The van der Waals surface area contributed by atoms with Crippen LogP contribution in [0.25, 0.3) is 11.1 Å². The molecule has 3 saturated heterocycles. The number of fused-ring (bicyclic) bond motifs is 1. The van der Waals surface area contributed by atoms with Gasteiger partial charge in [0.1, 0.15) is 11.6 Å². The number of carboxylic acid groups (broad SMARTS) is 1. The van der Waals surface area contributed by atoms with E-state index in [1.807, 2.05) is 11.0 Å². The summed E-state index contributed by atoms with van der Waals surface area (Å²) < 4.78 is 63.9. The van der Waals surface area contributed by atoms with Gasteiger partial charge in [-0.25, -0.2) is 14.0 Å². The van der Waals surface area contributed by atoms with Crippen LogP contribution in [0.3, 0.4) is 0 Å². The molecular weight excluding hydrogens is 723 g/mol. The van der Waals surface area contributed by atoms with Gasteiger partial charge in [0.05, 0.1) is 53.7 Å². The maximum absolute atomic E-state index is 15.6. The Bertz CT molecular complexity index is 1840. The number of benzene rings is 3.